The maximum Gasteiger partial charge on any atom is 0.185 e. The van der Waals surface area contributed by atoms with Crippen molar-refractivity contribution >= 4 is 28.2 Å². The molecule has 4 nitrogen and oxygen atoms in total. The van der Waals surface area contributed by atoms with Gasteiger partial charge in [-0.15, -0.1) is 11.3 Å². The molecule has 0 amide bonds. The first-order valence-corrected chi connectivity index (χ1v) is 8.33. The zero-order valence-electron chi connectivity index (χ0n) is 11.1. The molecule has 0 aromatic carbocycles. The summed E-state index contributed by atoms with van der Waals surface area (Å²) >= 11 is 3.84. The van der Waals surface area contributed by atoms with Crippen LogP contribution in [0, 0.1) is 0 Å². The topological polar surface area (TPSA) is 37.4 Å². The Bertz CT molecular complexity index is 364. The van der Waals surface area contributed by atoms with Gasteiger partial charge in [-0.05, 0) is 6.54 Å². The van der Waals surface area contributed by atoms with E-state index in [2.05, 4.69) is 17.1 Å². The first-order valence-electron chi connectivity index (χ1n) is 6.36. The minimum absolute atomic E-state index is 0.611. The molecule has 1 aliphatic heterocycles. The van der Waals surface area contributed by atoms with Gasteiger partial charge in [-0.1, -0.05) is 6.92 Å². The van der Waals surface area contributed by atoms with Crippen LogP contribution in [0.25, 0.3) is 0 Å². The van der Waals surface area contributed by atoms with Gasteiger partial charge in [0.25, 0.3) is 0 Å². The van der Waals surface area contributed by atoms with Gasteiger partial charge in [0, 0.05) is 43.1 Å². The zero-order chi connectivity index (χ0) is 12.8. The number of aromatic nitrogens is 1. The molecule has 0 unspecified atom stereocenters. The van der Waals surface area contributed by atoms with E-state index in [1.54, 1.807) is 7.11 Å². The quantitative estimate of drug-likeness (QED) is 0.865. The normalized spacial score (nSPS) is 16.2. The highest BCUT2D eigenvalue weighted by Gasteiger charge is 2.18. The van der Waals surface area contributed by atoms with Crippen molar-refractivity contribution in [2.75, 3.05) is 43.1 Å². The molecule has 1 N–H and O–H groups in total. The largest absolute Gasteiger partial charge is 0.378 e. The summed E-state index contributed by atoms with van der Waals surface area (Å²) in [5.74, 6) is 2.42. The lowest BCUT2D eigenvalue weighted by molar-refractivity contribution is 0.181. The molecule has 6 heteroatoms. The maximum absolute atomic E-state index is 5.24. The van der Waals surface area contributed by atoms with Gasteiger partial charge in [-0.2, -0.15) is 11.8 Å². The van der Waals surface area contributed by atoms with Crippen LogP contribution in [0.3, 0.4) is 0 Å². The first-order chi connectivity index (χ1) is 8.85. The number of nitrogens with one attached hydrogen (secondary N) is 1. The Hall–Kier alpha value is -0.300. The van der Waals surface area contributed by atoms with Gasteiger partial charge >= 0.3 is 0 Å². The number of thiazole rings is 1. The summed E-state index contributed by atoms with van der Waals surface area (Å²) in [5, 5.41) is 4.53. The number of thioether (sulfide) groups is 1. The molecule has 102 valence electrons. The molecule has 1 aromatic heterocycles. The second-order valence-electron chi connectivity index (χ2n) is 4.18. The Kier molecular flexibility index (Phi) is 5.75. The number of rotatable bonds is 6. The molecule has 1 aromatic rings. The standard InChI is InChI=1S/C12H21N3OS2/c1-3-13-8-11-10(9-16-2)14-12(18-11)15-4-6-17-7-5-15/h13H,3-9H2,1-2H3. The number of methoxy groups -OCH3 is 1. The third-order valence-electron chi connectivity index (χ3n) is 2.87. The van der Waals surface area contributed by atoms with E-state index in [9.17, 15) is 0 Å². The fraction of sp³-hybridized carbons (Fsp3) is 0.750. The SMILES string of the molecule is CCNCc1sc(N2CCSCC2)nc1COC. The smallest absolute Gasteiger partial charge is 0.185 e. The summed E-state index contributed by atoms with van der Waals surface area (Å²) in [5.41, 5.74) is 1.09. The van der Waals surface area contributed by atoms with Crippen LogP contribution in [0.2, 0.25) is 0 Å². The van der Waals surface area contributed by atoms with Crippen molar-refractivity contribution in [2.24, 2.45) is 0 Å². The zero-order valence-corrected chi connectivity index (χ0v) is 12.7. The van der Waals surface area contributed by atoms with Crippen LogP contribution in [0.4, 0.5) is 5.13 Å². The second-order valence-corrected chi connectivity index (χ2v) is 6.47. The van der Waals surface area contributed by atoms with Gasteiger partial charge in [0.2, 0.25) is 0 Å². The van der Waals surface area contributed by atoms with E-state index in [4.69, 9.17) is 9.72 Å². The monoisotopic (exact) mass is 287 g/mol. The van der Waals surface area contributed by atoms with Crippen LogP contribution in [0.1, 0.15) is 17.5 Å². The fourth-order valence-corrected chi connectivity index (χ4v) is 3.87. The van der Waals surface area contributed by atoms with E-state index in [1.165, 1.54) is 16.4 Å². The van der Waals surface area contributed by atoms with Crippen molar-refractivity contribution < 1.29 is 4.74 Å². The average molecular weight is 287 g/mol. The Labute approximate surface area is 117 Å². The van der Waals surface area contributed by atoms with Crippen molar-refractivity contribution in [1.29, 1.82) is 0 Å². The average Bonchev–Trinajstić information content (AvgIpc) is 2.81. The molecule has 1 saturated heterocycles. The number of ether oxygens (including phenoxy) is 1. The molecular formula is C12H21N3OS2. The summed E-state index contributed by atoms with van der Waals surface area (Å²) < 4.78 is 5.24. The van der Waals surface area contributed by atoms with Gasteiger partial charge in [0.1, 0.15) is 0 Å². The van der Waals surface area contributed by atoms with Crippen LogP contribution in [0.5, 0.6) is 0 Å². The lowest BCUT2D eigenvalue weighted by Gasteiger charge is -2.25. The molecular weight excluding hydrogens is 266 g/mol. The van der Waals surface area contributed by atoms with Crippen LogP contribution < -0.4 is 10.2 Å². The number of nitrogens with zero attached hydrogens (tertiary/aromatic N) is 2. The van der Waals surface area contributed by atoms with Crippen LogP contribution in [0.15, 0.2) is 0 Å². The Morgan fingerprint density at radius 1 is 1.39 bits per heavy atom. The molecule has 1 aliphatic rings. The Morgan fingerprint density at radius 2 is 2.17 bits per heavy atom. The molecule has 1 fully saturated rings. The predicted molar refractivity (Wildman–Crippen MR) is 79.7 cm³/mol. The van der Waals surface area contributed by atoms with Crippen molar-refractivity contribution in [2.45, 2.75) is 20.1 Å². The lowest BCUT2D eigenvalue weighted by Crippen LogP contribution is -2.32. The minimum Gasteiger partial charge on any atom is -0.378 e. The molecule has 0 saturated carbocycles. The molecule has 0 radical (unpaired) electrons. The van der Waals surface area contributed by atoms with Gasteiger partial charge in [-0.3, -0.25) is 0 Å². The van der Waals surface area contributed by atoms with Gasteiger partial charge in [0.15, 0.2) is 5.13 Å². The van der Waals surface area contributed by atoms with Crippen molar-refractivity contribution in [3.8, 4) is 0 Å². The third-order valence-corrected chi connectivity index (χ3v) is 4.97. The highest BCUT2D eigenvalue weighted by Crippen LogP contribution is 2.28. The van der Waals surface area contributed by atoms with Gasteiger partial charge in [0.05, 0.1) is 12.3 Å². The van der Waals surface area contributed by atoms with Crippen molar-refractivity contribution in [3.05, 3.63) is 10.6 Å². The second kappa shape index (κ2) is 7.33. The number of hydrogen-bond acceptors (Lipinski definition) is 6. The van der Waals surface area contributed by atoms with E-state index in [0.29, 0.717) is 6.61 Å². The van der Waals surface area contributed by atoms with E-state index in [0.717, 1.165) is 37.0 Å². The summed E-state index contributed by atoms with van der Waals surface area (Å²) in [7, 11) is 1.73. The fourth-order valence-electron chi connectivity index (χ4n) is 1.89. The third kappa shape index (κ3) is 3.60. The lowest BCUT2D eigenvalue weighted by atomic mass is 10.3. The molecule has 2 heterocycles. The van der Waals surface area contributed by atoms with Crippen LogP contribution in [-0.2, 0) is 17.9 Å². The molecule has 18 heavy (non-hydrogen) atoms. The van der Waals surface area contributed by atoms with Gasteiger partial charge < -0.3 is 15.0 Å². The molecule has 0 atom stereocenters. The number of anilines is 1. The minimum atomic E-state index is 0.611. The predicted octanol–water partition coefficient (Wildman–Crippen LogP) is 1.95. The summed E-state index contributed by atoms with van der Waals surface area (Å²) in [6.07, 6.45) is 0. The first kappa shape index (κ1) is 14.1. The molecule has 0 spiro atoms. The van der Waals surface area contributed by atoms with Crippen LogP contribution in [-0.4, -0.2) is 43.2 Å². The van der Waals surface area contributed by atoms with Crippen molar-refractivity contribution in [1.82, 2.24) is 10.3 Å². The van der Waals surface area contributed by atoms with Crippen LogP contribution >= 0.6 is 23.1 Å². The maximum atomic E-state index is 5.24. The van der Waals surface area contributed by atoms with E-state index in [1.807, 2.05) is 23.1 Å². The number of hydrogen-bond donors (Lipinski definition) is 1. The summed E-state index contributed by atoms with van der Waals surface area (Å²) in [4.78, 5) is 8.46. The van der Waals surface area contributed by atoms with E-state index >= 15 is 0 Å². The Balaban J connectivity index is 2.09. The van der Waals surface area contributed by atoms with E-state index < -0.39 is 0 Å². The molecule has 2 rings (SSSR count). The van der Waals surface area contributed by atoms with Gasteiger partial charge in [-0.25, -0.2) is 4.98 Å². The summed E-state index contributed by atoms with van der Waals surface area (Å²) in [6, 6.07) is 0. The Morgan fingerprint density at radius 3 is 2.83 bits per heavy atom. The van der Waals surface area contributed by atoms with E-state index in [-0.39, 0.29) is 0 Å². The molecule has 0 bridgehead atoms. The highest BCUT2D eigenvalue weighted by atomic mass is 32.2. The van der Waals surface area contributed by atoms with Crippen molar-refractivity contribution in [3.63, 3.8) is 0 Å². The molecule has 0 aliphatic carbocycles. The summed E-state index contributed by atoms with van der Waals surface area (Å²) in [6.45, 7) is 6.85. The highest BCUT2D eigenvalue weighted by molar-refractivity contribution is 7.99.